The van der Waals surface area contributed by atoms with Crippen LogP contribution in [0.15, 0.2) is 79.1 Å². The minimum Gasteiger partial charge on any atom is -0.436 e. The molecule has 0 radical (unpaired) electrons. The van der Waals surface area contributed by atoms with Gasteiger partial charge in [0.05, 0.1) is 6.42 Å². The standard InChI is InChI=1S/C19H13ClF2N4O2S.C8H6ClFO/c20-16-9-18(24-10-23-16)28-15-6-5-13(8-14(15)22)25-19(29)26-17(27)7-11-1-3-12(21)4-2-11;9-8(11)5-6-1-3-7(10)4-2-6/h1-6,8-10H,7H2,(H2,25,26,27,29);1-4H,5H2. The second-order valence-corrected chi connectivity index (χ2v) is 9.11. The highest BCUT2D eigenvalue weighted by Gasteiger charge is 2.10. The lowest BCUT2D eigenvalue weighted by Crippen LogP contribution is -2.35. The third kappa shape index (κ3) is 10.6. The van der Waals surface area contributed by atoms with Crippen molar-refractivity contribution in [3.63, 3.8) is 0 Å². The van der Waals surface area contributed by atoms with E-state index in [4.69, 9.17) is 40.2 Å². The molecule has 206 valence electrons. The number of ether oxygens (including phenoxy) is 1. The molecule has 13 heteroatoms. The Morgan fingerprint density at radius 3 is 2.00 bits per heavy atom. The topological polar surface area (TPSA) is 93.2 Å². The molecular formula is C27H19Cl2F3N4O3S. The molecule has 0 spiro atoms. The van der Waals surface area contributed by atoms with Gasteiger partial charge in [-0.3, -0.25) is 9.59 Å². The molecule has 0 aliphatic heterocycles. The third-order valence-corrected chi connectivity index (χ3v) is 5.34. The fourth-order valence-corrected chi connectivity index (χ4v) is 3.55. The Kier molecular flexibility index (Phi) is 11.4. The number of nitrogens with one attached hydrogen (secondary N) is 2. The van der Waals surface area contributed by atoms with E-state index in [0.717, 1.165) is 11.6 Å². The number of hydrogen-bond donors (Lipinski definition) is 2. The Labute approximate surface area is 242 Å². The number of anilines is 1. The summed E-state index contributed by atoms with van der Waals surface area (Å²) in [5, 5.41) is 4.90. The molecule has 1 heterocycles. The SMILES string of the molecule is O=C(Cc1ccc(F)cc1)NC(=S)Nc1ccc(Oc2cc(Cl)ncn2)c(F)c1.O=C(Cl)Cc1ccc(F)cc1. The van der Waals surface area contributed by atoms with Crippen LogP contribution in [0, 0.1) is 17.5 Å². The van der Waals surface area contributed by atoms with Crippen LogP contribution in [0.3, 0.4) is 0 Å². The molecule has 3 aromatic carbocycles. The van der Waals surface area contributed by atoms with Crippen molar-refractivity contribution in [2.75, 3.05) is 5.32 Å². The number of carbonyl (C=O) groups is 2. The normalized spacial score (nSPS) is 10.1. The maximum absolute atomic E-state index is 14.3. The molecule has 4 aromatic rings. The molecule has 7 nitrogen and oxygen atoms in total. The monoisotopic (exact) mass is 606 g/mol. The number of benzene rings is 3. The van der Waals surface area contributed by atoms with Crippen molar-refractivity contribution >= 4 is 57.4 Å². The van der Waals surface area contributed by atoms with Gasteiger partial charge in [0.1, 0.15) is 23.1 Å². The predicted molar refractivity (Wildman–Crippen MR) is 149 cm³/mol. The summed E-state index contributed by atoms with van der Waals surface area (Å²) in [6.07, 6.45) is 1.37. The van der Waals surface area contributed by atoms with E-state index >= 15 is 0 Å². The van der Waals surface area contributed by atoms with Crippen LogP contribution in [0.2, 0.25) is 5.15 Å². The van der Waals surface area contributed by atoms with Gasteiger partial charge in [-0.1, -0.05) is 35.9 Å². The van der Waals surface area contributed by atoms with Crippen LogP contribution >= 0.6 is 35.4 Å². The van der Waals surface area contributed by atoms with Gasteiger partial charge in [0.25, 0.3) is 0 Å². The van der Waals surface area contributed by atoms with Crippen molar-refractivity contribution in [1.82, 2.24) is 15.3 Å². The van der Waals surface area contributed by atoms with E-state index in [-0.39, 0.29) is 46.4 Å². The first-order chi connectivity index (χ1) is 19.1. The van der Waals surface area contributed by atoms with Gasteiger partial charge < -0.3 is 15.4 Å². The number of nitrogens with zero attached hydrogens (tertiary/aromatic N) is 2. The van der Waals surface area contributed by atoms with Gasteiger partial charge in [-0.05, 0) is 71.3 Å². The minimum absolute atomic E-state index is 0.00670. The molecule has 40 heavy (non-hydrogen) atoms. The molecule has 1 amide bonds. The summed E-state index contributed by atoms with van der Waals surface area (Å²) in [5.74, 6) is -1.75. The number of aromatic nitrogens is 2. The van der Waals surface area contributed by atoms with Gasteiger partial charge in [0, 0.05) is 24.2 Å². The molecule has 0 saturated carbocycles. The molecule has 0 unspecified atom stereocenters. The average Bonchev–Trinajstić information content (AvgIpc) is 2.88. The van der Waals surface area contributed by atoms with Gasteiger partial charge >= 0.3 is 0 Å². The van der Waals surface area contributed by atoms with Crippen LogP contribution in [0.25, 0.3) is 0 Å². The number of rotatable bonds is 7. The molecule has 0 saturated heterocycles. The van der Waals surface area contributed by atoms with E-state index < -0.39 is 17.0 Å². The summed E-state index contributed by atoms with van der Waals surface area (Å²) < 4.78 is 44.8. The number of amides is 1. The quantitative estimate of drug-likeness (QED) is 0.143. The highest BCUT2D eigenvalue weighted by molar-refractivity contribution is 7.80. The zero-order valence-electron chi connectivity index (χ0n) is 20.3. The predicted octanol–water partition coefficient (Wildman–Crippen LogP) is 6.39. The van der Waals surface area contributed by atoms with Crippen LogP contribution in [0.5, 0.6) is 11.6 Å². The summed E-state index contributed by atoms with van der Waals surface area (Å²) in [6.45, 7) is 0. The van der Waals surface area contributed by atoms with Crippen molar-refractivity contribution < 1.29 is 27.5 Å². The number of carbonyl (C=O) groups excluding carboxylic acids is 2. The molecular weight excluding hydrogens is 588 g/mol. The van der Waals surface area contributed by atoms with E-state index in [1.54, 1.807) is 0 Å². The van der Waals surface area contributed by atoms with Crippen LogP contribution in [0.1, 0.15) is 11.1 Å². The van der Waals surface area contributed by atoms with Gasteiger partial charge in [-0.25, -0.2) is 23.1 Å². The Bertz CT molecular complexity index is 1490. The van der Waals surface area contributed by atoms with E-state index in [9.17, 15) is 22.8 Å². The van der Waals surface area contributed by atoms with Crippen molar-refractivity contribution in [3.05, 3.63) is 113 Å². The minimum atomic E-state index is -0.676. The number of hydrogen-bond acceptors (Lipinski definition) is 6. The Hall–Kier alpha value is -4.06. The van der Waals surface area contributed by atoms with Gasteiger partial charge in [0.15, 0.2) is 16.7 Å². The van der Waals surface area contributed by atoms with Gasteiger partial charge in [-0.2, -0.15) is 0 Å². The zero-order valence-corrected chi connectivity index (χ0v) is 22.7. The van der Waals surface area contributed by atoms with Crippen LogP contribution in [-0.4, -0.2) is 26.2 Å². The largest absolute Gasteiger partial charge is 0.436 e. The highest BCUT2D eigenvalue weighted by Crippen LogP contribution is 2.26. The second kappa shape index (κ2) is 14.9. The summed E-state index contributed by atoms with van der Waals surface area (Å²) in [6, 6.07) is 16.6. The van der Waals surface area contributed by atoms with E-state index in [1.165, 1.54) is 73.1 Å². The molecule has 1 aromatic heterocycles. The van der Waals surface area contributed by atoms with Crippen molar-refractivity contribution in [2.45, 2.75) is 12.8 Å². The molecule has 0 fully saturated rings. The summed E-state index contributed by atoms with van der Waals surface area (Å²) in [4.78, 5) is 29.9. The van der Waals surface area contributed by atoms with Crippen molar-refractivity contribution in [2.24, 2.45) is 0 Å². The lowest BCUT2D eigenvalue weighted by atomic mass is 10.1. The smallest absolute Gasteiger partial charge is 0.230 e. The van der Waals surface area contributed by atoms with Crippen LogP contribution in [0.4, 0.5) is 18.9 Å². The Morgan fingerprint density at radius 1 is 0.850 bits per heavy atom. The van der Waals surface area contributed by atoms with E-state index in [2.05, 4.69) is 20.6 Å². The first-order valence-corrected chi connectivity index (χ1v) is 12.5. The first-order valence-electron chi connectivity index (χ1n) is 11.3. The number of thiocarbonyl (C=S) groups is 1. The molecule has 0 aliphatic rings. The second-order valence-electron chi connectivity index (χ2n) is 7.89. The summed E-state index contributed by atoms with van der Waals surface area (Å²) in [7, 11) is 0. The fraction of sp³-hybridized carbons (Fsp3) is 0.0741. The molecule has 4 rings (SSSR count). The number of halogens is 5. The van der Waals surface area contributed by atoms with Crippen LogP contribution < -0.4 is 15.4 Å². The fourth-order valence-electron chi connectivity index (χ4n) is 3.03. The molecule has 0 atom stereocenters. The summed E-state index contributed by atoms with van der Waals surface area (Å²) in [5.41, 5.74) is 1.66. The van der Waals surface area contributed by atoms with E-state index in [0.29, 0.717) is 11.3 Å². The third-order valence-electron chi connectivity index (χ3n) is 4.80. The maximum Gasteiger partial charge on any atom is 0.230 e. The average molecular weight is 607 g/mol. The highest BCUT2D eigenvalue weighted by atomic mass is 35.5. The summed E-state index contributed by atoms with van der Waals surface area (Å²) >= 11 is 15.9. The van der Waals surface area contributed by atoms with Crippen LogP contribution in [-0.2, 0) is 22.4 Å². The molecule has 0 bridgehead atoms. The Morgan fingerprint density at radius 2 is 1.45 bits per heavy atom. The molecule has 2 N–H and O–H groups in total. The van der Waals surface area contributed by atoms with Gasteiger partial charge in [0.2, 0.25) is 17.0 Å². The van der Waals surface area contributed by atoms with Crippen molar-refractivity contribution in [3.8, 4) is 11.6 Å². The van der Waals surface area contributed by atoms with Crippen molar-refractivity contribution in [1.29, 1.82) is 0 Å². The van der Waals surface area contributed by atoms with Gasteiger partial charge in [-0.15, -0.1) is 0 Å². The lowest BCUT2D eigenvalue weighted by Gasteiger charge is -2.11. The maximum atomic E-state index is 14.3. The Balaban J connectivity index is 0.000000336. The molecule has 0 aliphatic carbocycles. The van der Waals surface area contributed by atoms with E-state index in [1.807, 2.05) is 0 Å². The zero-order chi connectivity index (χ0) is 29.1. The lowest BCUT2D eigenvalue weighted by molar-refractivity contribution is -0.119. The first kappa shape index (κ1) is 30.5.